The summed E-state index contributed by atoms with van der Waals surface area (Å²) in [7, 11) is 1.82. The molecule has 0 radical (unpaired) electrons. The van der Waals surface area contributed by atoms with Gasteiger partial charge in [-0.3, -0.25) is 4.99 Å². The van der Waals surface area contributed by atoms with Crippen LogP contribution in [0, 0.1) is 0 Å². The normalized spacial score (nSPS) is 15.9. The van der Waals surface area contributed by atoms with Gasteiger partial charge in [0.25, 0.3) is 0 Å². The van der Waals surface area contributed by atoms with Crippen LogP contribution in [-0.4, -0.2) is 47.1 Å². The van der Waals surface area contributed by atoms with E-state index in [1.165, 1.54) is 38.5 Å². The maximum absolute atomic E-state index is 4.45. The molecular weight excluding hydrogens is 320 g/mol. The molecule has 1 aromatic heterocycles. The third-order valence-corrected chi connectivity index (χ3v) is 5.17. The summed E-state index contributed by atoms with van der Waals surface area (Å²) in [5.41, 5.74) is 0. The molecule has 24 heavy (non-hydrogen) atoms. The molecule has 1 saturated carbocycles. The van der Waals surface area contributed by atoms with Gasteiger partial charge >= 0.3 is 0 Å². The number of hydrogen-bond acceptors (Lipinski definition) is 4. The van der Waals surface area contributed by atoms with Crippen molar-refractivity contribution in [3.05, 3.63) is 5.82 Å². The van der Waals surface area contributed by atoms with E-state index in [1.807, 2.05) is 7.05 Å². The van der Waals surface area contributed by atoms with Crippen molar-refractivity contribution in [2.75, 3.05) is 26.4 Å². The number of thioether (sulfide) groups is 1. The van der Waals surface area contributed by atoms with Gasteiger partial charge in [0, 0.05) is 32.6 Å². The average Bonchev–Trinajstić information content (AvgIpc) is 3.25. The molecule has 0 spiro atoms. The molecule has 1 heterocycles. The summed E-state index contributed by atoms with van der Waals surface area (Å²) in [5.74, 6) is 2.03. The highest BCUT2D eigenvalue weighted by Crippen LogP contribution is 2.33. The van der Waals surface area contributed by atoms with Crippen molar-refractivity contribution in [1.82, 2.24) is 25.4 Å². The Morgan fingerprint density at radius 1 is 1.21 bits per heavy atom. The molecule has 1 aromatic rings. The Hall–Kier alpha value is -1.24. The second-order valence-corrected chi connectivity index (χ2v) is 7.07. The zero-order chi connectivity index (χ0) is 17.2. The fraction of sp³-hybridized carbons (Fsp3) is 0.824. The minimum absolute atomic E-state index is 0.605. The SMILES string of the molecule is CCCCNC(=NC)NCCCc1nnc(SC)n1C1CCCC1. The summed E-state index contributed by atoms with van der Waals surface area (Å²) in [6.45, 7) is 4.07. The highest BCUT2D eigenvalue weighted by Gasteiger charge is 2.23. The molecule has 7 heteroatoms. The van der Waals surface area contributed by atoms with E-state index in [0.29, 0.717) is 6.04 Å². The Balaban J connectivity index is 1.80. The van der Waals surface area contributed by atoms with Gasteiger partial charge in [0.1, 0.15) is 5.82 Å². The number of aromatic nitrogens is 3. The van der Waals surface area contributed by atoms with Gasteiger partial charge in [0.05, 0.1) is 0 Å². The van der Waals surface area contributed by atoms with Crippen LogP contribution in [0.1, 0.15) is 63.7 Å². The zero-order valence-corrected chi connectivity index (χ0v) is 16.2. The molecule has 0 amide bonds. The molecule has 2 rings (SSSR count). The van der Waals surface area contributed by atoms with E-state index in [0.717, 1.165) is 42.9 Å². The number of aryl methyl sites for hydroxylation is 1. The lowest BCUT2D eigenvalue weighted by Crippen LogP contribution is -2.38. The van der Waals surface area contributed by atoms with Crippen LogP contribution < -0.4 is 10.6 Å². The van der Waals surface area contributed by atoms with Gasteiger partial charge in [-0.15, -0.1) is 10.2 Å². The van der Waals surface area contributed by atoms with Gasteiger partial charge in [-0.05, 0) is 31.9 Å². The number of aliphatic imine (C=N–C) groups is 1. The first-order valence-electron chi connectivity index (χ1n) is 9.22. The lowest BCUT2D eigenvalue weighted by molar-refractivity contribution is 0.460. The molecule has 0 aliphatic heterocycles. The van der Waals surface area contributed by atoms with Crippen LogP contribution in [0.5, 0.6) is 0 Å². The van der Waals surface area contributed by atoms with E-state index in [1.54, 1.807) is 11.8 Å². The highest BCUT2D eigenvalue weighted by atomic mass is 32.2. The number of rotatable bonds is 9. The van der Waals surface area contributed by atoms with Crippen LogP contribution >= 0.6 is 11.8 Å². The standard InChI is InChI=1S/C17H32N6S/c1-4-5-12-19-16(18-2)20-13-8-11-15-21-22-17(24-3)23(15)14-9-6-7-10-14/h14H,4-13H2,1-3H3,(H2,18,19,20). The van der Waals surface area contributed by atoms with Crippen molar-refractivity contribution in [3.8, 4) is 0 Å². The Morgan fingerprint density at radius 3 is 2.54 bits per heavy atom. The fourth-order valence-corrected chi connectivity index (χ4v) is 3.78. The summed E-state index contributed by atoms with van der Waals surface area (Å²) in [5, 5.41) is 16.6. The molecule has 0 saturated heterocycles. The van der Waals surface area contributed by atoms with E-state index in [-0.39, 0.29) is 0 Å². The molecule has 136 valence electrons. The Labute approximate surface area is 150 Å². The van der Waals surface area contributed by atoms with Gasteiger partial charge in [-0.1, -0.05) is 37.9 Å². The largest absolute Gasteiger partial charge is 0.356 e. The molecule has 2 N–H and O–H groups in total. The lowest BCUT2D eigenvalue weighted by Gasteiger charge is -2.16. The maximum atomic E-state index is 4.45. The molecule has 1 aliphatic rings. The zero-order valence-electron chi connectivity index (χ0n) is 15.3. The third-order valence-electron chi connectivity index (χ3n) is 4.52. The molecule has 0 aromatic carbocycles. The quantitative estimate of drug-likeness (QED) is 0.309. The first kappa shape index (κ1) is 19.1. The minimum Gasteiger partial charge on any atom is -0.356 e. The molecule has 1 aliphatic carbocycles. The topological polar surface area (TPSA) is 67.1 Å². The maximum Gasteiger partial charge on any atom is 0.191 e. The van der Waals surface area contributed by atoms with Gasteiger partial charge in [0.15, 0.2) is 11.1 Å². The van der Waals surface area contributed by atoms with Gasteiger partial charge in [-0.2, -0.15) is 0 Å². The second-order valence-electron chi connectivity index (χ2n) is 6.29. The summed E-state index contributed by atoms with van der Waals surface area (Å²) < 4.78 is 2.39. The fourth-order valence-electron chi connectivity index (χ4n) is 3.20. The van der Waals surface area contributed by atoms with Crippen molar-refractivity contribution in [2.24, 2.45) is 4.99 Å². The van der Waals surface area contributed by atoms with E-state index in [2.05, 4.69) is 43.6 Å². The molecule has 0 atom stereocenters. The number of unbranched alkanes of at least 4 members (excludes halogenated alkanes) is 1. The van der Waals surface area contributed by atoms with E-state index >= 15 is 0 Å². The number of nitrogens with zero attached hydrogens (tertiary/aromatic N) is 4. The van der Waals surface area contributed by atoms with Crippen LogP contribution in [0.15, 0.2) is 10.1 Å². The van der Waals surface area contributed by atoms with E-state index in [9.17, 15) is 0 Å². The van der Waals surface area contributed by atoms with E-state index in [4.69, 9.17) is 0 Å². The van der Waals surface area contributed by atoms with Crippen LogP contribution in [0.3, 0.4) is 0 Å². The number of hydrogen-bond donors (Lipinski definition) is 2. The predicted octanol–water partition coefficient (Wildman–Crippen LogP) is 3.01. The van der Waals surface area contributed by atoms with E-state index < -0.39 is 0 Å². The molecule has 6 nitrogen and oxygen atoms in total. The summed E-state index contributed by atoms with van der Waals surface area (Å²) in [4.78, 5) is 4.26. The van der Waals surface area contributed by atoms with Crippen LogP contribution in [0.4, 0.5) is 0 Å². The highest BCUT2D eigenvalue weighted by molar-refractivity contribution is 7.98. The molecule has 0 unspecified atom stereocenters. The second kappa shape index (κ2) is 10.6. The summed E-state index contributed by atoms with van der Waals surface area (Å²) in [6.07, 6.45) is 11.6. The van der Waals surface area contributed by atoms with Crippen molar-refractivity contribution >= 4 is 17.7 Å². The lowest BCUT2D eigenvalue weighted by atomic mass is 10.2. The predicted molar refractivity (Wildman–Crippen MR) is 102 cm³/mol. The molecule has 1 fully saturated rings. The third kappa shape index (κ3) is 5.40. The smallest absolute Gasteiger partial charge is 0.191 e. The van der Waals surface area contributed by atoms with Crippen molar-refractivity contribution < 1.29 is 0 Å². The Kier molecular flexibility index (Phi) is 8.42. The number of guanidine groups is 1. The first-order chi connectivity index (χ1) is 11.8. The Morgan fingerprint density at radius 2 is 1.92 bits per heavy atom. The average molecular weight is 353 g/mol. The van der Waals surface area contributed by atoms with Gasteiger partial charge in [0.2, 0.25) is 0 Å². The molecule has 0 bridgehead atoms. The van der Waals surface area contributed by atoms with Crippen LogP contribution in [-0.2, 0) is 6.42 Å². The first-order valence-corrected chi connectivity index (χ1v) is 10.4. The summed E-state index contributed by atoms with van der Waals surface area (Å²) in [6, 6.07) is 0.605. The Bertz CT molecular complexity index is 507. The van der Waals surface area contributed by atoms with Crippen LogP contribution in [0.25, 0.3) is 0 Å². The van der Waals surface area contributed by atoms with Crippen molar-refractivity contribution in [2.45, 2.75) is 69.5 Å². The van der Waals surface area contributed by atoms with Gasteiger partial charge in [-0.25, -0.2) is 0 Å². The summed E-state index contributed by atoms with van der Waals surface area (Å²) >= 11 is 1.71. The van der Waals surface area contributed by atoms with Crippen LogP contribution in [0.2, 0.25) is 0 Å². The monoisotopic (exact) mass is 352 g/mol. The molecular formula is C17H32N6S. The minimum atomic E-state index is 0.605. The van der Waals surface area contributed by atoms with Crippen molar-refractivity contribution in [1.29, 1.82) is 0 Å². The number of nitrogens with one attached hydrogen (secondary N) is 2. The van der Waals surface area contributed by atoms with Gasteiger partial charge < -0.3 is 15.2 Å². The van der Waals surface area contributed by atoms with Crippen molar-refractivity contribution in [3.63, 3.8) is 0 Å².